The molecular weight excluding hydrogens is 396 g/mol. The molecule has 0 amide bonds. The second kappa shape index (κ2) is 7.94. The van der Waals surface area contributed by atoms with Gasteiger partial charge in [-0.25, -0.2) is 0 Å². The number of rotatable bonds is 6. The van der Waals surface area contributed by atoms with Crippen molar-refractivity contribution >= 4 is 46.7 Å². The summed E-state index contributed by atoms with van der Waals surface area (Å²) in [7, 11) is 1.51. The first-order valence-electron chi connectivity index (χ1n) is 7.30. The van der Waals surface area contributed by atoms with Gasteiger partial charge in [0.2, 0.25) is 0 Å². The Balaban J connectivity index is 1.90. The van der Waals surface area contributed by atoms with Crippen LogP contribution in [-0.2, 0) is 4.79 Å². The molecule has 3 rings (SSSR count). The first-order chi connectivity index (χ1) is 12.5. The predicted molar refractivity (Wildman–Crippen MR) is 99.2 cm³/mol. The van der Waals surface area contributed by atoms with E-state index >= 15 is 0 Å². The molecular formula is C17H12ClN2O4S2-. The van der Waals surface area contributed by atoms with Crippen LogP contribution < -0.4 is 9.84 Å². The Bertz CT molecular complexity index is 981. The van der Waals surface area contributed by atoms with Crippen molar-refractivity contribution in [2.24, 2.45) is 0 Å². The Kier molecular flexibility index (Phi) is 5.65. The number of hydrogen-bond donors (Lipinski definition) is 0. The number of hydrogen-bond acceptors (Lipinski definition) is 8. The third-order valence-electron chi connectivity index (χ3n) is 3.36. The van der Waals surface area contributed by atoms with Gasteiger partial charge in [-0.3, -0.25) is 0 Å². The van der Waals surface area contributed by atoms with E-state index in [1.54, 1.807) is 18.2 Å². The molecule has 0 saturated carbocycles. The molecule has 0 spiro atoms. The van der Waals surface area contributed by atoms with Crippen LogP contribution in [0.2, 0.25) is 5.02 Å². The van der Waals surface area contributed by atoms with Crippen molar-refractivity contribution in [3.63, 3.8) is 0 Å². The van der Waals surface area contributed by atoms with Crippen molar-refractivity contribution in [3.05, 3.63) is 50.0 Å². The summed E-state index contributed by atoms with van der Waals surface area (Å²) in [5.74, 6) is -0.626. The minimum absolute atomic E-state index is 0.0243. The number of carboxylic acids is 1. The SMILES string of the molecule is COc1ccc(Cl)cc1-c1nnc(S/C(=C\c2sccc2C)C(=O)[O-])o1. The summed E-state index contributed by atoms with van der Waals surface area (Å²) >= 11 is 8.27. The highest BCUT2D eigenvalue weighted by atomic mass is 35.5. The smallest absolute Gasteiger partial charge is 0.281 e. The number of thioether (sulfide) groups is 1. The Morgan fingerprint density at radius 1 is 1.38 bits per heavy atom. The van der Waals surface area contributed by atoms with Crippen LogP contribution in [0.1, 0.15) is 10.4 Å². The molecule has 0 radical (unpaired) electrons. The molecule has 2 aromatic heterocycles. The molecule has 0 atom stereocenters. The van der Waals surface area contributed by atoms with E-state index in [0.29, 0.717) is 16.3 Å². The molecule has 0 N–H and O–H groups in total. The standard InChI is InChI=1S/C17H13ClN2O4S2/c1-9-5-6-25-13(9)8-14(16(21)22)26-17-20-19-15(24-17)11-7-10(18)3-4-12(11)23-2/h3-8H,1-2H3,(H,21,22)/p-1/b14-8-. The highest BCUT2D eigenvalue weighted by molar-refractivity contribution is 8.03. The van der Waals surface area contributed by atoms with Gasteiger partial charge >= 0.3 is 0 Å². The molecule has 0 unspecified atom stereocenters. The number of thiophene rings is 1. The quantitative estimate of drug-likeness (QED) is 0.455. The zero-order valence-corrected chi connectivity index (χ0v) is 16.1. The maximum atomic E-state index is 11.4. The number of ether oxygens (including phenoxy) is 1. The molecule has 0 aliphatic heterocycles. The molecule has 0 bridgehead atoms. The number of methoxy groups -OCH3 is 1. The van der Waals surface area contributed by atoms with E-state index in [2.05, 4.69) is 10.2 Å². The number of benzene rings is 1. The van der Waals surface area contributed by atoms with Gasteiger partial charge in [0.1, 0.15) is 5.75 Å². The third-order valence-corrected chi connectivity index (χ3v) is 5.41. The second-order valence-corrected chi connectivity index (χ2v) is 7.46. The van der Waals surface area contributed by atoms with Crippen molar-refractivity contribution in [2.75, 3.05) is 7.11 Å². The first-order valence-corrected chi connectivity index (χ1v) is 9.37. The van der Waals surface area contributed by atoms with Crippen LogP contribution in [0.5, 0.6) is 5.75 Å². The van der Waals surface area contributed by atoms with Crippen LogP contribution in [0.3, 0.4) is 0 Å². The summed E-state index contributed by atoms with van der Waals surface area (Å²) in [6.45, 7) is 1.90. The van der Waals surface area contributed by atoms with Gasteiger partial charge in [0.05, 0.1) is 18.6 Å². The molecule has 26 heavy (non-hydrogen) atoms. The lowest BCUT2D eigenvalue weighted by molar-refractivity contribution is -0.298. The molecule has 1 aromatic carbocycles. The summed E-state index contributed by atoms with van der Waals surface area (Å²) in [4.78, 5) is 12.2. The summed E-state index contributed by atoms with van der Waals surface area (Å²) in [6.07, 6.45) is 1.53. The Morgan fingerprint density at radius 3 is 2.85 bits per heavy atom. The van der Waals surface area contributed by atoms with Crippen molar-refractivity contribution in [1.29, 1.82) is 0 Å². The van der Waals surface area contributed by atoms with Gasteiger partial charge < -0.3 is 19.1 Å². The van der Waals surface area contributed by atoms with Crippen LogP contribution in [0, 0.1) is 6.92 Å². The molecule has 0 aliphatic carbocycles. The number of carbonyl (C=O) groups is 1. The van der Waals surface area contributed by atoms with E-state index in [1.807, 2.05) is 18.4 Å². The Hall–Kier alpha value is -2.29. The fraction of sp³-hybridized carbons (Fsp3) is 0.118. The van der Waals surface area contributed by atoms with E-state index in [-0.39, 0.29) is 16.0 Å². The lowest BCUT2D eigenvalue weighted by Crippen LogP contribution is -2.22. The number of nitrogens with zero attached hydrogens (tertiary/aromatic N) is 2. The molecule has 9 heteroatoms. The molecule has 0 fully saturated rings. The molecule has 2 heterocycles. The minimum atomic E-state index is -1.32. The van der Waals surface area contributed by atoms with E-state index in [4.69, 9.17) is 20.8 Å². The largest absolute Gasteiger partial charge is 0.544 e. The van der Waals surface area contributed by atoms with Crippen LogP contribution in [0.15, 0.2) is 44.2 Å². The van der Waals surface area contributed by atoms with Crippen LogP contribution in [0.25, 0.3) is 17.5 Å². The molecule has 134 valence electrons. The Labute approximate surface area is 162 Å². The number of carbonyl (C=O) groups excluding carboxylic acids is 1. The van der Waals surface area contributed by atoms with Crippen molar-refractivity contribution in [1.82, 2.24) is 10.2 Å². The summed E-state index contributed by atoms with van der Waals surface area (Å²) in [5.41, 5.74) is 1.50. The van der Waals surface area contributed by atoms with E-state index in [1.165, 1.54) is 24.5 Å². The van der Waals surface area contributed by atoms with Gasteiger partial charge in [0, 0.05) is 14.8 Å². The second-order valence-electron chi connectivity index (χ2n) is 5.08. The Morgan fingerprint density at radius 2 is 2.19 bits per heavy atom. The highest BCUT2D eigenvalue weighted by Gasteiger charge is 2.16. The topological polar surface area (TPSA) is 88.3 Å². The molecule has 6 nitrogen and oxygen atoms in total. The highest BCUT2D eigenvalue weighted by Crippen LogP contribution is 2.35. The minimum Gasteiger partial charge on any atom is -0.544 e. The monoisotopic (exact) mass is 407 g/mol. The van der Waals surface area contributed by atoms with E-state index in [9.17, 15) is 9.90 Å². The molecule has 0 aliphatic rings. The average Bonchev–Trinajstić information content (AvgIpc) is 3.23. The van der Waals surface area contributed by atoms with Gasteiger partial charge in [0.25, 0.3) is 11.1 Å². The number of carboxylic acid groups (broad SMARTS) is 1. The maximum Gasteiger partial charge on any atom is 0.281 e. The van der Waals surface area contributed by atoms with Crippen molar-refractivity contribution in [2.45, 2.75) is 12.1 Å². The lowest BCUT2D eigenvalue weighted by atomic mass is 10.2. The van der Waals surface area contributed by atoms with Gasteiger partial charge in [0.15, 0.2) is 0 Å². The van der Waals surface area contributed by atoms with Gasteiger partial charge in [-0.2, -0.15) is 0 Å². The van der Waals surface area contributed by atoms with E-state index < -0.39 is 5.97 Å². The van der Waals surface area contributed by atoms with Crippen molar-refractivity contribution < 1.29 is 19.1 Å². The summed E-state index contributed by atoms with van der Waals surface area (Å²) in [6, 6.07) is 6.90. The predicted octanol–water partition coefficient (Wildman–Crippen LogP) is 3.65. The van der Waals surface area contributed by atoms with Gasteiger partial charge in [-0.05, 0) is 60.0 Å². The van der Waals surface area contributed by atoms with Crippen LogP contribution >= 0.6 is 34.7 Å². The summed E-state index contributed by atoms with van der Waals surface area (Å²) < 4.78 is 10.8. The first kappa shape index (κ1) is 18.5. The fourth-order valence-electron chi connectivity index (χ4n) is 2.08. The number of aliphatic carboxylic acids is 1. The molecule has 0 saturated heterocycles. The average molecular weight is 408 g/mol. The van der Waals surface area contributed by atoms with Gasteiger partial charge in [-0.1, -0.05) is 11.6 Å². The number of aromatic nitrogens is 2. The zero-order valence-electron chi connectivity index (χ0n) is 13.7. The fourth-order valence-corrected chi connectivity index (χ4v) is 3.84. The summed E-state index contributed by atoms with van der Waals surface area (Å²) in [5, 5.41) is 21.7. The normalized spacial score (nSPS) is 11.6. The third kappa shape index (κ3) is 4.09. The van der Waals surface area contributed by atoms with Crippen LogP contribution in [0.4, 0.5) is 0 Å². The van der Waals surface area contributed by atoms with E-state index in [0.717, 1.165) is 22.2 Å². The number of halogens is 1. The van der Waals surface area contributed by atoms with Gasteiger partial charge in [-0.15, -0.1) is 21.5 Å². The number of aryl methyl sites for hydroxylation is 1. The van der Waals surface area contributed by atoms with Crippen molar-refractivity contribution in [3.8, 4) is 17.2 Å². The zero-order chi connectivity index (χ0) is 18.7. The maximum absolute atomic E-state index is 11.4. The lowest BCUT2D eigenvalue weighted by Gasteiger charge is -2.06. The van der Waals surface area contributed by atoms with Crippen LogP contribution in [-0.4, -0.2) is 23.3 Å². The molecule has 3 aromatic rings.